The van der Waals surface area contributed by atoms with Gasteiger partial charge in [0.05, 0.1) is 4.90 Å². The molecule has 0 aliphatic carbocycles. The molecule has 0 saturated heterocycles. The number of benzene rings is 1. The molecule has 0 radical (unpaired) electrons. The predicted octanol–water partition coefficient (Wildman–Crippen LogP) is 1.37. The highest BCUT2D eigenvalue weighted by atomic mass is 32.2. The quantitative estimate of drug-likeness (QED) is 0.778. The van der Waals surface area contributed by atoms with Crippen molar-refractivity contribution in [3.05, 3.63) is 36.4 Å². The predicted molar refractivity (Wildman–Crippen MR) is 52.5 cm³/mol. The summed E-state index contributed by atoms with van der Waals surface area (Å²) in [5.41, 5.74) is 1.80. The summed E-state index contributed by atoms with van der Waals surface area (Å²) >= 11 is 0. The van der Waals surface area contributed by atoms with Crippen LogP contribution >= 0.6 is 0 Å². The largest absolute Gasteiger partial charge is 0.238 e. The fraction of sp³-hybridized carbons (Fsp3) is 0.111. The Morgan fingerprint density at radius 3 is 2.08 bits per heavy atom. The van der Waals surface area contributed by atoms with E-state index in [4.69, 9.17) is 5.14 Å². The summed E-state index contributed by atoms with van der Waals surface area (Å²) in [6, 6.07) is 6.31. The summed E-state index contributed by atoms with van der Waals surface area (Å²) in [6.07, 6.45) is 0. The van der Waals surface area contributed by atoms with E-state index in [2.05, 4.69) is 6.58 Å². The summed E-state index contributed by atoms with van der Waals surface area (Å²) in [6.45, 7) is 5.59. The molecule has 70 valence electrons. The molecule has 0 heterocycles. The molecule has 0 saturated carbocycles. The van der Waals surface area contributed by atoms with Crippen molar-refractivity contribution in [2.45, 2.75) is 11.8 Å². The first-order valence-electron chi connectivity index (χ1n) is 3.70. The highest BCUT2D eigenvalue weighted by Gasteiger charge is 2.06. The van der Waals surface area contributed by atoms with Crippen molar-refractivity contribution in [2.75, 3.05) is 0 Å². The monoisotopic (exact) mass is 197 g/mol. The Hall–Kier alpha value is -1.13. The summed E-state index contributed by atoms with van der Waals surface area (Å²) in [5.74, 6) is 0. The Balaban J connectivity index is 3.16. The third kappa shape index (κ3) is 2.40. The highest BCUT2D eigenvalue weighted by Crippen LogP contribution is 2.14. The lowest BCUT2D eigenvalue weighted by atomic mass is 10.1. The van der Waals surface area contributed by atoms with E-state index in [1.165, 1.54) is 12.1 Å². The number of hydrogen-bond donors (Lipinski definition) is 1. The molecule has 0 unspecified atom stereocenters. The number of hydrogen-bond acceptors (Lipinski definition) is 2. The van der Waals surface area contributed by atoms with Crippen molar-refractivity contribution >= 4 is 15.6 Å². The van der Waals surface area contributed by atoms with Crippen molar-refractivity contribution in [3.8, 4) is 0 Å². The lowest BCUT2D eigenvalue weighted by molar-refractivity contribution is 0.598. The van der Waals surface area contributed by atoms with Gasteiger partial charge in [-0.2, -0.15) is 0 Å². The van der Waals surface area contributed by atoms with E-state index in [-0.39, 0.29) is 4.90 Å². The minimum absolute atomic E-state index is 0.123. The zero-order valence-electron chi connectivity index (χ0n) is 7.32. The molecule has 0 spiro atoms. The molecule has 0 aliphatic rings. The van der Waals surface area contributed by atoms with Gasteiger partial charge in [-0.15, -0.1) is 0 Å². The Kier molecular flexibility index (Phi) is 2.54. The van der Waals surface area contributed by atoms with Crippen LogP contribution in [0.5, 0.6) is 0 Å². The average Bonchev–Trinajstić information content (AvgIpc) is 2.03. The average molecular weight is 197 g/mol. The molecule has 0 atom stereocenters. The van der Waals surface area contributed by atoms with Gasteiger partial charge in [0.1, 0.15) is 0 Å². The van der Waals surface area contributed by atoms with Gasteiger partial charge in [0, 0.05) is 0 Å². The minimum Gasteiger partial charge on any atom is -0.225 e. The maximum atomic E-state index is 10.9. The van der Waals surface area contributed by atoms with Crippen LogP contribution in [0, 0.1) is 0 Å². The van der Waals surface area contributed by atoms with Gasteiger partial charge in [0.15, 0.2) is 0 Å². The molecule has 4 heteroatoms. The van der Waals surface area contributed by atoms with E-state index in [1.54, 1.807) is 12.1 Å². The lowest BCUT2D eigenvalue weighted by Gasteiger charge is -2.00. The van der Waals surface area contributed by atoms with Gasteiger partial charge < -0.3 is 0 Å². The van der Waals surface area contributed by atoms with Crippen LogP contribution in [-0.2, 0) is 10.0 Å². The van der Waals surface area contributed by atoms with Crippen LogP contribution in [-0.4, -0.2) is 8.42 Å². The van der Waals surface area contributed by atoms with Crippen molar-refractivity contribution < 1.29 is 8.42 Å². The molecule has 1 aromatic carbocycles. The summed E-state index contributed by atoms with van der Waals surface area (Å²) in [4.78, 5) is 0.123. The van der Waals surface area contributed by atoms with Crippen LogP contribution in [0.4, 0.5) is 0 Å². The Morgan fingerprint density at radius 2 is 1.77 bits per heavy atom. The van der Waals surface area contributed by atoms with Crippen molar-refractivity contribution in [3.63, 3.8) is 0 Å². The van der Waals surface area contributed by atoms with Crippen LogP contribution < -0.4 is 5.14 Å². The van der Waals surface area contributed by atoms with Gasteiger partial charge in [-0.05, 0) is 24.6 Å². The second kappa shape index (κ2) is 3.32. The molecule has 0 fully saturated rings. The molecular weight excluding hydrogens is 186 g/mol. The van der Waals surface area contributed by atoms with Crippen LogP contribution in [0.1, 0.15) is 12.5 Å². The van der Waals surface area contributed by atoms with E-state index >= 15 is 0 Å². The standard InChI is InChI=1S/C9H11NO2S/c1-7(2)8-3-5-9(6-4-8)13(10,11)12/h3-6H,1H2,2H3,(H2,10,11,12). The fourth-order valence-corrected chi connectivity index (χ4v) is 1.44. The summed E-state index contributed by atoms with van der Waals surface area (Å²) < 4.78 is 21.7. The van der Waals surface area contributed by atoms with E-state index in [0.29, 0.717) is 0 Å². The van der Waals surface area contributed by atoms with Crippen LogP contribution in [0.2, 0.25) is 0 Å². The van der Waals surface area contributed by atoms with Crippen LogP contribution in [0.3, 0.4) is 0 Å². The molecule has 0 amide bonds. The minimum atomic E-state index is -3.57. The third-order valence-electron chi connectivity index (χ3n) is 1.68. The van der Waals surface area contributed by atoms with Gasteiger partial charge in [-0.1, -0.05) is 24.3 Å². The van der Waals surface area contributed by atoms with Gasteiger partial charge in [-0.25, -0.2) is 13.6 Å². The molecule has 1 aromatic rings. The van der Waals surface area contributed by atoms with Crippen molar-refractivity contribution in [1.82, 2.24) is 0 Å². The van der Waals surface area contributed by atoms with E-state index < -0.39 is 10.0 Å². The van der Waals surface area contributed by atoms with E-state index in [9.17, 15) is 8.42 Å². The smallest absolute Gasteiger partial charge is 0.225 e. The molecule has 3 nitrogen and oxygen atoms in total. The fourth-order valence-electron chi connectivity index (χ4n) is 0.929. The normalized spacial score (nSPS) is 11.2. The Labute approximate surface area is 77.9 Å². The maximum absolute atomic E-state index is 10.9. The van der Waals surface area contributed by atoms with Gasteiger partial charge in [0.25, 0.3) is 0 Å². The van der Waals surface area contributed by atoms with Crippen molar-refractivity contribution in [1.29, 1.82) is 0 Å². The van der Waals surface area contributed by atoms with Crippen LogP contribution in [0.25, 0.3) is 5.57 Å². The van der Waals surface area contributed by atoms with Gasteiger partial charge in [0.2, 0.25) is 10.0 Å². The SMILES string of the molecule is C=C(C)c1ccc(S(N)(=O)=O)cc1. The molecule has 1 rings (SSSR count). The Morgan fingerprint density at radius 1 is 1.31 bits per heavy atom. The second-order valence-electron chi connectivity index (χ2n) is 2.85. The first kappa shape index (κ1) is 9.95. The molecule has 0 aliphatic heterocycles. The molecule has 13 heavy (non-hydrogen) atoms. The zero-order chi connectivity index (χ0) is 10.1. The summed E-state index contributed by atoms with van der Waals surface area (Å²) in [7, 11) is -3.57. The zero-order valence-corrected chi connectivity index (χ0v) is 8.14. The lowest BCUT2D eigenvalue weighted by Crippen LogP contribution is -2.11. The number of allylic oxidation sites excluding steroid dienone is 1. The third-order valence-corrected chi connectivity index (χ3v) is 2.60. The van der Waals surface area contributed by atoms with E-state index in [0.717, 1.165) is 11.1 Å². The summed E-state index contributed by atoms with van der Waals surface area (Å²) in [5, 5.41) is 4.93. The Bertz CT molecular complexity index is 417. The van der Waals surface area contributed by atoms with Crippen LogP contribution in [0.15, 0.2) is 35.7 Å². The van der Waals surface area contributed by atoms with Gasteiger partial charge >= 0.3 is 0 Å². The first-order valence-corrected chi connectivity index (χ1v) is 5.24. The van der Waals surface area contributed by atoms with E-state index in [1.807, 2.05) is 6.92 Å². The number of primary sulfonamides is 1. The first-order chi connectivity index (χ1) is 5.91. The molecule has 0 bridgehead atoms. The highest BCUT2D eigenvalue weighted by molar-refractivity contribution is 7.89. The maximum Gasteiger partial charge on any atom is 0.238 e. The second-order valence-corrected chi connectivity index (χ2v) is 4.41. The van der Waals surface area contributed by atoms with Crippen molar-refractivity contribution in [2.24, 2.45) is 5.14 Å². The molecule has 2 N–H and O–H groups in total. The molecule has 0 aromatic heterocycles. The van der Waals surface area contributed by atoms with Gasteiger partial charge in [-0.3, -0.25) is 0 Å². The number of sulfonamides is 1. The number of nitrogens with two attached hydrogens (primary N) is 1. The topological polar surface area (TPSA) is 60.2 Å². The molecular formula is C9H11NO2S. The number of rotatable bonds is 2.